The summed E-state index contributed by atoms with van der Waals surface area (Å²) in [7, 11) is 0. The molecule has 1 aromatic rings. The molecular weight excluding hydrogens is 344 g/mol. The van der Waals surface area contributed by atoms with Crippen LogP contribution in [0.2, 0.25) is 0 Å². The fourth-order valence-corrected chi connectivity index (χ4v) is 2.66. The third-order valence-corrected chi connectivity index (χ3v) is 3.86. The summed E-state index contributed by atoms with van der Waals surface area (Å²) in [6, 6.07) is 6.07. The normalized spacial score (nSPS) is 18.3. The number of carbonyl (C=O) groups is 4. The Morgan fingerprint density at radius 2 is 1.62 bits per heavy atom. The lowest BCUT2D eigenvalue weighted by atomic mass is 9.82. The molecule has 0 radical (unpaired) electrons. The van der Waals surface area contributed by atoms with E-state index in [1.807, 2.05) is 6.08 Å². The molecule has 2 unspecified atom stereocenters. The molecule has 1 aromatic carbocycles. The zero-order valence-corrected chi connectivity index (χ0v) is 13.9. The molecule has 0 heterocycles. The van der Waals surface area contributed by atoms with Crippen molar-refractivity contribution in [2.24, 2.45) is 11.8 Å². The van der Waals surface area contributed by atoms with Crippen LogP contribution in [0.3, 0.4) is 0 Å². The molecule has 0 fully saturated rings. The second-order valence-electron chi connectivity index (χ2n) is 5.74. The number of hydrogen-bond donors (Lipinski definition) is 4. The van der Waals surface area contributed by atoms with Crippen LogP contribution in [0.15, 0.2) is 36.4 Å². The maximum Gasteiger partial charge on any atom is 0.335 e. The van der Waals surface area contributed by atoms with Gasteiger partial charge in [0.2, 0.25) is 0 Å². The fraction of sp³-hybridized carbons (Fsp3) is 0.333. The summed E-state index contributed by atoms with van der Waals surface area (Å²) in [5, 5.41) is 34.5. The molecule has 1 aliphatic carbocycles. The van der Waals surface area contributed by atoms with Gasteiger partial charge in [0.1, 0.15) is 0 Å². The molecule has 1 aliphatic rings. The summed E-state index contributed by atoms with van der Waals surface area (Å²) in [4.78, 5) is 42.1. The smallest absolute Gasteiger partial charge is 0.335 e. The first-order valence-corrected chi connectivity index (χ1v) is 7.86. The van der Waals surface area contributed by atoms with Crippen molar-refractivity contribution in [1.29, 1.82) is 0 Å². The Hall–Kier alpha value is -3.16. The van der Waals surface area contributed by atoms with E-state index in [0.29, 0.717) is 12.0 Å². The monoisotopic (exact) mass is 364 g/mol. The largest absolute Gasteiger partial charge is 0.481 e. The molecular formula is C18H20O8. The van der Waals surface area contributed by atoms with Crippen LogP contribution in [0.25, 0.3) is 0 Å². The molecule has 26 heavy (non-hydrogen) atoms. The van der Waals surface area contributed by atoms with Gasteiger partial charge in [-0.1, -0.05) is 30.4 Å². The van der Waals surface area contributed by atoms with Crippen molar-refractivity contribution < 1.29 is 39.6 Å². The highest BCUT2D eigenvalue weighted by atomic mass is 16.4. The number of hydrogen-bond acceptors (Lipinski definition) is 4. The Morgan fingerprint density at radius 1 is 0.962 bits per heavy atom. The molecule has 4 N–H and O–H groups in total. The van der Waals surface area contributed by atoms with Crippen LogP contribution in [-0.2, 0) is 20.8 Å². The number of allylic oxidation sites excluding steroid dienone is 2. The average Bonchev–Trinajstić information content (AvgIpc) is 2.55. The van der Waals surface area contributed by atoms with Gasteiger partial charge in [0, 0.05) is 5.92 Å². The van der Waals surface area contributed by atoms with Crippen LogP contribution in [0.4, 0.5) is 0 Å². The zero-order valence-electron chi connectivity index (χ0n) is 13.9. The maximum atomic E-state index is 10.7. The van der Waals surface area contributed by atoms with Gasteiger partial charge in [0.25, 0.3) is 0 Å². The van der Waals surface area contributed by atoms with Gasteiger partial charge in [-0.2, -0.15) is 0 Å². The number of aromatic carboxylic acids is 1. The van der Waals surface area contributed by atoms with Crippen molar-refractivity contribution >= 4 is 23.9 Å². The van der Waals surface area contributed by atoms with E-state index >= 15 is 0 Å². The Morgan fingerprint density at radius 3 is 2.15 bits per heavy atom. The molecule has 0 aromatic heterocycles. The van der Waals surface area contributed by atoms with Crippen LogP contribution >= 0.6 is 0 Å². The molecule has 2 rings (SSSR count). The minimum atomic E-state index is -1.10. The van der Waals surface area contributed by atoms with Crippen LogP contribution in [0.5, 0.6) is 0 Å². The van der Waals surface area contributed by atoms with Crippen LogP contribution in [0, 0.1) is 11.8 Å². The van der Waals surface area contributed by atoms with E-state index in [1.54, 1.807) is 18.2 Å². The highest BCUT2D eigenvalue weighted by molar-refractivity contribution is 5.90. The lowest BCUT2D eigenvalue weighted by Gasteiger charge is -2.22. The number of carboxylic acids is 4. The third kappa shape index (κ3) is 6.76. The van der Waals surface area contributed by atoms with Crippen molar-refractivity contribution in [1.82, 2.24) is 0 Å². The van der Waals surface area contributed by atoms with Crippen LogP contribution in [-0.4, -0.2) is 44.3 Å². The van der Waals surface area contributed by atoms with Crippen molar-refractivity contribution in [2.75, 3.05) is 0 Å². The first-order chi connectivity index (χ1) is 12.2. The van der Waals surface area contributed by atoms with E-state index < -0.39 is 29.8 Å². The van der Waals surface area contributed by atoms with Crippen molar-refractivity contribution in [3.05, 3.63) is 47.5 Å². The quantitative estimate of drug-likeness (QED) is 0.561. The number of aliphatic carboxylic acids is 3. The van der Waals surface area contributed by atoms with E-state index in [4.69, 9.17) is 20.4 Å². The average molecular weight is 364 g/mol. The van der Waals surface area contributed by atoms with E-state index in [0.717, 1.165) is 6.42 Å². The summed E-state index contributed by atoms with van der Waals surface area (Å²) in [6.07, 6.45) is 4.48. The van der Waals surface area contributed by atoms with Gasteiger partial charge in [-0.3, -0.25) is 14.4 Å². The maximum absolute atomic E-state index is 10.7. The molecule has 0 spiro atoms. The lowest BCUT2D eigenvalue weighted by Crippen LogP contribution is -2.26. The van der Waals surface area contributed by atoms with Gasteiger partial charge in [0.15, 0.2) is 0 Å². The molecule has 0 amide bonds. The molecule has 0 bridgehead atoms. The second kappa shape index (κ2) is 9.97. The predicted molar refractivity (Wildman–Crippen MR) is 90.0 cm³/mol. The van der Waals surface area contributed by atoms with Crippen LogP contribution < -0.4 is 0 Å². The number of benzene rings is 1. The summed E-state index contributed by atoms with van der Waals surface area (Å²) in [5.74, 6) is -4.84. The first-order valence-electron chi connectivity index (χ1n) is 7.86. The molecule has 8 heteroatoms. The number of rotatable bonds is 6. The Kier molecular flexibility index (Phi) is 8.01. The molecule has 140 valence electrons. The minimum Gasteiger partial charge on any atom is -0.481 e. The highest BCUT2D eigenvalue weighted by Crippen LogP contribution is 2.27. The molecule has 0 saturated heterocycles. The highest BCUT2D eigenvalue weighted by Gasteiger charge is 2.29. The topological polar surface area (TPSA) is 149 Å². The summed E-state index contributed by atoms with van der Waals surface area (Å²) in [6.45, 7) is 0. The first kappa shape index (κ1) is 20.9. The van der Waals surface area contributed by atoms with Gasteiger partial charge < -0.3 is 20.4 Å². The minimum absolute atomic E-state index is 0.0462. The van der Waals surface area contributed by atoms with E-state index in [-0.39, 0.29) is 24.3 Å². The molecule has 2 atom stereocenters. The Labute approximate surface area is 149 Å². The standard InChI is InChI=1S/C9H12O4.C9H8O4/c2*10-8(11)5-6-3-1-2-4-7(6)9(12)13/h1,3,6-7H,2,4-5H2,(H,10,11)(H,12,13);1-4H,5H2,(H,10,11)(H,12,13). The van der Waals surface area contributed by atoms with E-state index in [9.17, 15) is 19.2 Å². The third-order valence-electron chi connectivity index (χ3n) is 3.86. The van der Waals surface area contributed by atoms with Crippen molar-refractivity contribution in [2.45, 2.75) is 25.7 Å². The molecule has 0 saturated carbocycles. The van der Waals surface area contributed by atoms with E-state index in [2.05, 4.69) is 0 Å². The SMILES string of the molecule is O=C(O)CC1C=CCCC1C(=O)O.O=C(O)Cc1ccccc1C(=O)O. The van der Waals surface area contributed by atoms with Gasteiger partial charge in [-0.25, -0.2) is 4.79 Å². The molecule has 8 nitrogen and oxygen atoms in total. The van der Waals surface area contributed by atoms with Gasteiger partial charge in [-0.05, 0) is 24.5 Å². The second-order valence-corrected chi connectivity index (χ2v) is 5.74. The summed E-state index contributed by atoms with van der Waals surface area (Å²) < 4.78 is 0. The Bertz CT molecular complexity index is 707. The van der Waals surface area contributed by atoms with E-state index in [1.165, 1.54) is 12.1 Å². The van der Waals surface area contributed by atoms with Gasteiger partial charge in [0.05, 0.1) is 24.3 Å². The predicted octanol–water partition coefficient (Wildman–Crippen LogP) is 2.14. The molecule has 0 aliphatic heterocycles. The zero-order chi connectivity index (χ0) is 19.7. The Balaban J connectivity index is 0.000000260. The fourth-order valence-electron chi connectivity index (χ4n) is 2.66. The van der Waals surface area contributed by atoms with Crippen molar-refractivity contribution in [3.63, 3.8) is 0 Å². The summed E-state index contributed by atoms with van der Waals surface area (Å²) >= 11 is 0. The summed E-state index contributed by atoms with van der Waals surface area (Å²) in [5.41, 5.74) is 0.368. The van der Waals surface area contributed by atoms with Gasteiger partial charge >= 0.3 is 23.9 Å². The number of carboxylic acid groups (broad SMARTS) is 4. The van der Waals surface area contributed by atoms with Crippen molar-refractivity contribution in [3.8, 4) is 0 Å². The van der Waals surface area contributed by atoms with Gasteiger partial charge in [-0.15, -0.1) is 0 Å². The van der Waals surface area contributed by atoms with Crippen LogP contribution in [0.1, 0.15) is 35.2 Å². The lowest BCUT2D eigenvalue weighted by molar-refractivity contribution is -0.145.